The van der Waals surface area contributed by atoms with Gasteiger partial charge in [0, 0.05) is 24.8 Å². The smallest absolute Gasteiger partial charge is 0.0601 e. The van der Waals surface area contributed by atoms with Gasteiger partial charge in [-0.2, -0.15) is 0 Å². The molecule has 0 aliphatic carbocycles. The number of hydrogen-bond acceptors (Lipinski definition) is 3. The zero-order chi connectivity index (χ0) is 12.3. The van der Waals surface area contributed by atoms with Crippen LogP contribution in [0.25, 0.3) is 0 Å². The van der Waals surface area contributed by atoms with Crippen molar-refractivity contribution in [2.75, 3.05) is 31.1 Å². The molecule has 1 aliphatic rings. The average Bonchev–Trinajstić information content (AvgIpc) is 2.52. The van der Waals surface area contributed by atoms with Gasteiger partial charge >= 0.3 is 0 Å². The van der Waals surface area contributed by atoms with Gasteiger partial charge in [0.2, 0.25) is 0 Å². The number of benzene rings is 1. The Hall–Kier alpha value is -1.06. The summed E-state index contributed by atoms with van der Waals surface area (Å²) in [5.41, 5.74) is 2.54. The lowest BCUT2D eigenvalue weighted by molar-refractivity contribution is 0.247. The summed E-state index contributed by atoms with van der Waals surface area (Å²) in [4.78, 5) is 2.37. The Morgan fingerprint density at radius 2 is 2.00 bits per heavy atom. The van der Waals surface area contributed by atoms with E-state index in [1.165, 1.54) is 11.3 Å². The molecule has 2 rings (SSSR count). The third kappa shape index (κ3) is 3.20. The molecule has 1 aromatic rings. The lowest BCUT2D eigenvalue weighted by atomic mass is 10.1. The molecule has 1 saturated heterocycles. The van der Waals surface area contributed by atoms with Gasteiger partial charge in [0.05, 0.1) is 6.61 Å². The summed E-state index contributed by atoms with van der Waals surface area (Å²) in [5, 5.41) is 12.7. The van der Waals surface area contributed by atoms with Gasteiger partial charge in [-0.05, 0) is 31.5 Å². The highest BCUT2D eigenvalue weighted by Gasteiger charge is 2.20. The van der Waals surface area contributed by atoms with Crippen LogP contribution in [0.15, 0.2) is 24.3 Å². The van der Waals surface area contributed by atoms with E-state index in [9.17, 15) is 5.11 Å². The molecule has 0 spiro atoms. The van der Waals surface area contributed by atoms with E-state index in [-0.39, 0.29) is 12.6 Å². The number of hydrogen-bond donors (Lipinski definition) is 2. The predicted molar refractivity (Wildman–Crippen MR) is 71.4 cm³/mol. The highest BCUT2D eigenvalue weighted by atomic mass is 16.3. The Morgan fingerprint density at radius 3 is 2.65 bits per heavy atom. The van der Waals surface area contributed by atoms with Crippen molar-refractivity contribution in [1.82, 2.24) is 5.32 Å². The summed E-state index contributed by atoms with van der Waals surface area (Å²) in [6, 6.07) is 8.81. The van der Waals surface area contributed by atoms with Crippen LogP contribution in [0.3, 0.4) is 0 Å². The number of aliphatic hydroxyl groups excluding tert-OH is 1. The lowest BCUT2D eigenvalue weighted by Gasteiger charge is -2.26. The summed E-state index contributed by atoms with van der Waals surface area (Å²) in [5.74, 6) is 0.604. The van der Waals surface area contributed by atoms with Gasteiger partial charge in [-0.25, -0.2) is 0 Å². The van der Waals surface area contributed by atoms with Gasteiger partial charge < -0.3 is 15.3 Å². The standard InChI is InChI=1S/C14H22N2O/c1-11-3-5-14(6-4-11)16-8-12(2)7-15-13(9-16)10-17/h3-6,12-13,15,17H,7-10H2,1-2H3. The van der Waals surface area contributed by atoms with Gasteiger partial charge in [-0.3, -0.25) is 0 Å². The highest BCUT2D eigenvalue weighted by molar-refractivity contribution is 5.48. The molecular formula is C14H22N2O. The van der Waals surface area contributed by atoms with Crippen molar-refractivity contribution in [1.29, 1.82) is 0 Å². The van der Waals surface area contributed by atoms with Crippen molar-refractivity contribution in [2.45, 2.75) is 19.9 Å². The molecule has 1 aliphatic heterocycles. The zero-order valence-electron chi connectivity index (χ0n) is 10.7. The first kappa shape index (κ1) is 12.4. The van der Waals surface area contributed by atoms with Crippen LogP contribution >= 0.6 is 0 Å². The van der Waals surface area contributed by atoms with Crippen LogP contribution in [-0.2, 0) is 0 Å². The summed E-state index contributed by atoms with van der Waals surface area (Å²) in [6.07, 6.45) is 0. The van der Waals surface area contributed by atoms with Crippen molar-refractivity contribution < 1.29 is 5.11 Å². The van der Waals surface area contributed by atoms with Crippen molar-refractivity contribution >= 4 is 5.69 Å². The molecule has 2 unspecified atom stereocenters. The van der Waals surface area contributed by atoms with Crippen LogP contribution in [-0.4, -0.2) is 37.4 Å². The molecule has 0 amide bonds. The average molecular weight is 234 g/mol. The van der Waals surface area contributed by atoms with Crippen molar-refractivity contribution in [3.63, 3.8) is 0 Å². The van der Waals surface area contributed by atoms with Crippen LogP contribution in [0.2, 0.25) is 0 Å². The van der Waals surface area contributed by atoms with Gasteiger partial charge in [-0.15, -0.1) is 0 Å². The molecule has 94 valence electrons. The Kier molecular flexibility index (Phi) is 4.02. The van der Waals surface area contributed by atoms with Gasteiger partial charge in [0.15, 0.2) is 0 Å². The first-order chi connectivity index (χ1) is 8.19. The van der Waals surface area contributed by atoms with E-state index in [1.54, 1.807) is 0 Å². The van der Waals surface area contributed by atoms with E-state index in [2.05, 4.69) is 48.3 Å². The first-order valence-corrected chi connectivity index (χ1v) is 6.35. The minimum Gasteiger partial charge on any atom is -0.395 e. The normalized spacial score (nSPS) is 25.7. The number of rotatable bonds is 2. The maximum absolute atomic E-state index is 9.32. The molecule has 2 N–H and O–H groups in total. The minimum absolute atomic E-state index is 0.182. The summed E-state index contributed by atoms with van der Waals surface area (Å²) in [7, 11) is 0. The van der Waals surface area contributed by atoms with Gasteiger partial charge in [0.25, 0.3) is 0 Å². The summed E-state index contributed by atoms with van der Waals surface area (Å²) < 4.78 is 0. The zero-order valence-corrected chi connectivity index (χ0v) is 10.7. The maximum Gasteiger partial charge on any atom is 0.0601 e. The van der Waals surface area contributed by atoms with E-state index >= 15 is 0 Å². The molecule has 0 saturated carbocycles. The number of nitrogens with zero attached hydrogens (tertiary/aromatic N) is 1. The Labute approximate surface area is 103 Å². The van der Waals surface area contributed by atoms with E-state index in [4.69, 9.17) is 0 Å². The van der Waals surface area contributed by atoms with Gasteiger partial charge in [-0.1, -0.05) is 24.6 Å². The van der Waals surface area contributed by atoms with Crippen LogP contribution in [0.1, 0.15) is 12.5 Å². The fourth-order valence-electron chi connectivity index (χ4n) is 2.30. The Bertz CT molecular complexity index is 350. The number of aliphatic hydroxyl groups is 1. The molecule has 1 aromatic carbocycles. The van der Waals surface area contributed by atoms with Crippen molar-refractivity contribution in [3.8, 4) is 0 Å². The molecular weight excluding hydrogens is 212 g/mol. The number of anilines is 1. The minimum atomic E-state index is 0.182. The molecule has 2 atom stereocenters. The van der Waals surface area contributed by atoms with Crippen molar-refractivity contribution in [2.24, 2.45) is 5.92 Å². The lowest BCUT2D eigenvalue weighted by Crippen LogP contribution is -2.40. The highest BCUT2D eigenvalue weighted by Crippen LogP contribution is 2.18. The van der Waals surface area contributed by atoms with Crippen LogP contribution in [0, 0.1) is 12.8 Å². The van der Waals surface area contributed by atoms with Crippen molar-refractivity contribution in [3.05, 3.63) is 29.8 Å². The SMILES string of the molecule is Cc1ccc(N2CC(C)CNC(CO)C2)cc1. The second-order valence-corrected chi connectivity index (χ2v) is 5.13. The quantitative estimate of drug-likeness (QED) is 0.812. The second-order valence-electron chi connectivity index (χ2n) is 5.13. The topological polar surface area (TPSA) is 35.5 Å². The van der Waals surface area contributed by atoms with E-state index in [0.717, 1.165) is 19.6 Å². The molecule has 0 bridgehead atoms. The third-order valence-corrected chi connectivity index (χ3v) is 3.35. The number of nitrogens with one attached hydrogen (secondary N) is 1. The van der Waals surface area contributed by atoms with E-state index < -0.39 is 0 Å². The van der Waals surface area contributed by atoms with E-state index in [1.807, 2.05) is 0 Å². The molecule has 3 nitrogen and oxygen atoms in total. The maximum atomic E-state index is 9.32. The predicted octanol–water partition coefficient (Wildman–Crippen LogP) is 1.40. The molecule has 0 radical (unpaired) electrons. The Morgan fingerprint density at radius 1 is 1.29 bits per heavy atom. The monoisotopic (exact) mass is 234 g/mol. The largest absolute Gasteiger partial charge is 0.395 e. The van der Waals surface area contributed by atoms with Crippen LogP contribution in [0.5, 0.6) is 0 Å². The van der Waals surface area contributed by atoms with E-state index in [0.29, 0.717) is 5.92 Å². The summed E-state index contributed by atoms with van der Waals surface area (Å²) in [6.45, 7) is 7.46. The third-order valence-electron chi connectivity index (χ3n) is 3.35. The first-order valence-electron chi connectivity index (χ1n) is 6.35. The van der Waals surface area contributed by atoms with Crippen LogP contribution in [0.4, 0.5) is 5.69 Å². The fourth-order valence-corrected chi connectivity index (χ4v) is 2.30. The molecule has 3 heteroatoms. The second kappa shape index (κ2) is 5.52. The number of aryl methyl sites for hydroxylation is 1. The molecule has 1 fully saturated rings. The van der Waals surface area contributed by atoms with Gasteiger partial charge in [0.1, 0.15) is 0 Å². The van der Waals surface area contributed by atoms with Crippen LogP contribution < -0.4 is 10.2 Å². The molecule has 1 heterocycles. The Balaban J connectivity index is 2.14. The summed E-state index contributed by atoms with van der Waals surface area (Å²) >= 11 is 0. The molecule has 17 heavy (non-hydrogen) atoms. The fraction of sp³-hybridized carbons (Fsp3) is 0.571. The molecule has 0 aromatic heterocycles.